The van der Waals surface area contributed by atoms with Crippen molar-refractivity contribution in [2.24, 2.45) is 0 Å². The van der Waals surface area contributed by atoms with Crippen molar-refractivity contribution in [1.82, 2.24) is 10.2 Å². The first-order chi connectivity index (χ1) is 19.6. The van der Waals surface area contributed by atoms with Crippen molar-refractivity contribution in [3.05, 3.63) is 94.5 Å². The largest absolute Gasteiger partial charge is 0.497 e. The second-order valence-corrected chi connectivity index (χ2v) is 11.2. The minimum absolute atomic E-state index is 0.0132. The maximum absolute atomic E-state index is 13.9. The van der Waals surface area contributed by atoms with Gasteiger partial charge in [0.25, 0.3) is 15.7 Å². The summed E-state index contributed by atoms with van der Waals surface area (Å²) in [5.41, 5.74) is 0.308. The number of nitro groups is 1. The fourth-order valence-electron chi connectivity index (χ4n) is 4.06. The second-order valence-electron chi connectivity index (χ2n) is 9.29. The summed E-state index contributed by atoms with van der Waals surface area (Å²) in [7, 11) is -2.79. The van der Waals surface area contributed by atoms with Crippen LogP contribution in [0.15, 0.2) is 83.8 Å². The zero-order chi connectivity index (χ0) is 30.0. The highest BCUT2D eigenvalue weighted by atomic mass is 32.2. The number of carbonyl (C=O) groups is 2. The standard InChI is InChI=1S/C29H34N4O7S/c1-4-5-18-30-29(35)22(2)31(20-23-14-16-26(40-3)17-15-23)28(34)21-32(24-10-9-11-25(19-24)33(36)37)41(38,39)27-12-7-6-8-13-27/h6-17,19,22H,4-5,18,20-21H2,1-3H3,(H,30,35)/t22-/m0/s1. The van der Waals surface area contributed by atoms with Gasteiger partial charge in [-0.25, -0.2) is 8.42 Å². The van der Waals surface area contributed by atoms with Gasteiger partial charge in [-0.15, -0.1) is 0 Å². The number of nitrogens with one attached hydrogen (secondary N) is 1. The number of ether oxygens (including phenoxy) is 1. The van der Waals surface area contributed by atoms with E-state index in [1.165, 1.54) is 42.3 Å². The van der Waals surface area contributed by atoms with Gasteiger partial charge in [-0.2, -0.15) is 0 Å². The van der Waals surface area contributed by atoms with E-state index in [2.05, 4.69) is 5.32 Å². The molecule has 0 fully saturated rings. The van der Waals surface area contributed by atoms with E-state index in [4.69, 9.17) is 4.74 Å². The zero-order valence-electron chi connectivity index (χ0n) is 23.2. The topological polar surface area (TPSA) is 139 Å². The van der Waals surface area contributed by atoms with Crippen LogP contribution in [0.25, 0.3) is 0 Å². The molecule has 0 saturated carbocycles. The molecule has 0 spiro atoms. The summed E-state index contributed by atoms with van der Waals surface area (Å²) >= 11 is 0. The number of carbonyl (C=O) groups excluding carboxylic acids is 2. The van der Waals surface area contributed by atoms with Gasteiger partial charge in [-0.1, -0.05) is 49.7 Å². The first kappa shape index (κ1) is 31.1. The minimum atomic E-state index is -4.32. The van der Waals surface area contributed by atoms with Gasteiger partial charge >= 0.3 is 0 Å². The van der Waals surface area contributed by atoms with Gasteiger partial charge < -0.3 is 15.0 Å². The Labute approximate surface area is 239 Å². The second kappa shape index (κ2) is 14.3. The Morgan fingerprint density at radius 1 is 1.02 bits per heavy atom. The van der Waals surface area contributed by atoms with Gasteiger partial charge in [0.15, 0.2) is 0 Å². The van der Waals surface area contributed by atoms with E-state index < -0.39 is 33.4 Å². The third-order valence-electron chi connectivity index (χ3n) is 6.45. The van der Waals surface area contributed by atoms with Crippen LogP contribution in [0.1, 0.15) is 32.3 Å². The summed E-state index contributed by atoms with van der Waals surface area (Å²) in [5, 5.41) is 14.3. The van der Waals surface area contributed by atoms with Gasteiger partial charge in [-0.05, 0) is 49.2 Å². The average molecular weight is 583 g/mol. The van der Waals surface area contributed by atoms with Crippen molar-refractivity contribution in [2.45, 2.75) is 44.2 Å². The number of non-ortho nitro benzene ring substituents is 1. The highest BCUT2D eigenvalue weighted by molar-refractivity contribution is 7.92. The van der Waals surface area contributed by atoms with Crippen LogP contribution in [0.5, 0.6) is 5.75 Å². The predicted molar refractivity (Wildman–Crippen MR) is 155 cm³/mol. The number of amides is 2. The molecule has 0 aromatic heterocycles. The molecule has 0 bridgehead atoms. The van der Waals surface area contributed by atoms with Gasteiger partial charge in [0.2, 0.25) is 11.8 Å². The Balaban J connectivity index is 2.02. The molecule has 0 saturated heterocycles. The number of anilines is 1. The van der Waals surface area contributed by atoms with E-state index in [9.17, 15) is 28.1 Å². The van der Waals surface area contributed by atoms with Crippen molar-refractivity contribution < 1.29 is 27.7 Å². The Morgan fingerprint density at radius 3 is 2.32 bits per heavy atom. The van der Waals surface area contributed by atoms with Crippen molar-refractivity contribution in [3.63, 3.8) is 0 Å². The number of sulfonamides is 1. The first-order valence-corrected chi connectivity index (χ1v) is 14.5. The highest BCUT2D eigenvalue weighted by Gasteiger charge is 2.33. The quantitative estimate of drug-likeness (QED) is 0.171. The van der Waals surface area contributed by atoms with E-state index in [1.807, 2.05) is 6.92 Å². The van der Waals surface area contributed by atoms with Crippen molar-refractivity contribution >= 4 is 33.2 Å². The molecule has 218 valence electrons. The molecule has 11 nitrogen and oxygen atoms in total. The number of unbranched alkanes of at least 4 members (excludes halogenated alkanes) is 1. The lowest BCUT2D eigenvalue weighted by atomic mass is 10.1. The van der Waals surface area contributed by atoms with E-state index in [1.54, 1.807) is 49.4 Å². The number of methoxy groups -OCH3 is 1. The molecule has 0 aliphatic rings. The van der Waals surface area contributed by atoms with Crippen LogP contribution >= 0.6 is 0 Å². The summed E-state index contributed by atoms with van der Waals surface area (Å²) in [4.78, 5) is 38.9. The molecular weight excluding hydrogens is 548 g/mol. The fourth-order valence-corrected chi connectivity index (χ4v) is 5.48. The molecule has 12 heteroatoms. The maximum atomic E-state index is 13.9. The molecule has 0 aliphatic carbocycles. The SMILES string of the molecule is CCCCNC(=O)[C@H](C)N(Cc1ccc(OC)cc1)C(=O)CN(c1cccc([N+](=O)[O-])c1)S(=O)(=O)c1ccccc1. The van der Waals surface area contributed by atoms with Crippen molar-refractivity contribution in [1.29, 1.82) is 0 Å². The Hall–Kier alpha value is -4.45. The smallest absolute Gasteiger partial charge is 0.271 e. The van der Waals surface area contributed by atoms with E-state index in [0.717, 1.165) is 23.2 Å². The molecule has 1 atom stereocenters. The number of rotatable bonds is 14. The maximum Gasteiger partial charge on any atom is 0.271 e. The van der Waals surface area contributed by atoms with Gasteiger partial charge in [0.05, 0.1) is 22.6 Å². The number of nitrogens with zero attached hydrogens (tertiary/aromatic N) is 3. The van der Waals surface area contributed by atoms with Crippen LogP contribution in [-0.4, -0.2) is 56.3 Å². The fraction of sp³-hybridized carbons (Fsp3) is 0.310. The van der Waals surface area contributed by atoms with E-state index in [0.29, 0.717) is 17.9 Å². The molecule has 3 aromatic rings. The number of hydrogen-bond acceptors (Lipinski definition) is 7. The van der Waals surface area contributed by atoms with Crippen molar-refractivity contribution in [2.75, 3.05) is 24.5 Å². The van der Waals surface area contributed by atoms with Crippen LogP contribution < -0.4 is 14.4 Å². The van der Waals surface area contributed by atoms with Gasteiger partial charge in [0.1, 0.15) is 18.3 Å². The predicted octanol–water partition coefficient (Wildman–Crippen LogP) is 4.13. The normalized spacial score (nSPS) is 11.8. The Morgan fingerprint density at radius 2 is 1.71 bits per heavy atom. The molecule has 2 amide bonds. The number of benzene rings is 3. The van der Waals surface area contributed by atoms with Gasteiger partial charge in [0, 0.05) is 25.2 Å². The summed E-state index contributed by atoms with van der Waals surface area (Å²) in [6.07, 6.45) is 1.64. The number of nitro benzene ring substituents is 1. The summed E-state index contributed by atoms with van der Waals surface area (Å²) in [6, 6.07) is 18.6. The van der Waals surface area contributed by atoms with E-state index in [-0.39, 0.29) is 28.7 Å². The third-order valence-corrected chi connectivity index (χ3v) is 8.24. The van der Waals surface area contributed by atoms with E-state index >= 15 is 0 Å². The molecule has 1 N–H and O–H groups in total. The van der Waals surface area contributed by atoms with Crippen LogP contribution in [0.2, 0.25) is 0 Å². The molecule has 0 heterocycles. The molecule has 0 unspecified atom stereocenters. The monoisotopic (exact) mass is 582 g/mol. The summed E-state index contributed by atoms with van der Waals surface area (Å²) < 4.78 is 33.6. The molecule has 0 aliphatic heterocycles. The summed E-state index contributed by atoms with van der Waals surface area (Å²) in [6.45, 7) is 3.32. The lowest BCUT2D eigenvalue weighted by Gasteiger charge is -2.32. The minimum Gasteiger partial charge on any atom is -0.497 e. The highest BCUT2D eigenvalue weighted by Crippen LogP contribution is 2.27. The molecular formula is C29H34N4O7S. The lowest BCUT2D eigenvalue weighted by Crippen LogP contribution is -2.51. The Bertz CT molecular complexity index is 1450. The zero-order valence-corrected chi connectivity index (χ0v) is 24.0. The van der Waals surface area contributed by atoms with Crippen LogP contribution in [0.3, 0.4) is 0 Å². The molecule has 41 heavy (non-hydrogen) atoms. The van der Waals surface area contributed by atoms with Crippen molar-refractivity contribution in [3.8, 4) is 5.75 Å². The first-order valence-electron chi connectivity index (χ1n) is 13.1. The Kier molecular flexibility index (Phi) is 10.8. The molecule has 0 radical (unpaired) electrons. The summed E-state index contributed by atoms with van der Waals surface area (Å²) in [5.74, 6) is -0.430. The lowest BCUT2D eigenvalue weighted by molar-refractivity contribution is -0.384. The van der Waals surface area contributed by atoms with Crippen LogP contribution in [0, 0.1) is 10.1 Å². The average Bonchev–Trinajstić information content (AvgIpc) is 2.99. The number of hydrogen-bond donors (Lipinski definition) is 1. The van der Waals surface area contributed by atoms with Crippen LogP contribution in [-0.2, 0) is 26.2 Å². The third kappa shape index (κ3) is 8.04. The van der Waals surface area contributed by atoms with Gasteiger partial charge in [-0.3, -0.25) is 24.0 Å². The van der Waals surface area contributed by atoms with Crippen LogP contribution in [0.4, 0.5) is 11.4 Å². The molecule has 3 rings (SSSR count). The molecule has 3 aromatic carbocycles.